The number of aliphatic hydroxyl groups excluding tert-OH is 1. The van der Waals surface area contributed by atoms with Crippen molar-refractivity contribution in [3.8, 4) is 0 Å². The molecule has 1 aliphatic carbocycles. The molecule has 2 rings (SSSR count). The van der Waals surface area contributed by atoms with Crippen LogP contribution in [0.3, 0.4) is 0 Å². The van der Waals surface area contributed by atoms with Gasteiger partial charge in [0.2, 0.25) is 0 Å². The second-order valence-electron chi connectivity index (χ2n) is 3.93. The fraction of sp³-hybridized carbons (Fsp3) is 1.00. The highest BCUT2D eigenvalue weighted by Gasteiger charge is 2.46. The van der Waals surface area contributed by atoms with Gasteiger partial charge in [-0.3, -0.25) is 0 Å². The Labute approximate surface area is 61.6 Å². The third-order valence-corrected chi connectivity index (χ3v) is 3.20. The zero-order valence-electron chi connectivity index (χ0n) is 6.43. The van der Waals surface area contributed by atoms with E-state index in [0.717, 1.165) is 5.92 Å². The second kappa shape index (κ2) is 1.95. The van der Waals surface area contributed by atoms with Crippen molar-refractivity contribution < 1.29 is 5.11 Å². The molecule has 1 heterocycles. The van der Waals surface area contributed by atoms with E-state index in [2.05, 4.69) is 12.2 Å². The van der Waals surface area contributed by atoms with E-state index in [1.165, 1.54) is 19.3 Å². The molecule has 0 aromatic carbocycles. The molecule has 2 N–H and O–H groups in total. The normalized spacial score (nSPS) is 52.2. The smallest absolute Gasteiger partial charge is 0.0613 e. The molecule has 10 heavy (non-hydrogen) atoms. The molecule has 2 heteroatoms. The monoisotopic (exact) mass is 141 g/mol. The molecule has 1 saturated carbocycles. The highest BCUT2D eigenvalue weighted by molar-refractivity contribution is 5.05. The van der Waals surface area contributed by atoms with Crippen LogP contribution in [0.1, 0.15) is 26.2 Å². The van der Waals surface area contributed by atoms with Crippen LogP contribution in [-0.2, 0) is 0 Å². The van der Waals surface area contributed by atoms with Crippen LogP contribution in [0.4, 0.5) is 0 Å². The van der Waals surface area contributed by atoms with Crippen molar-refractivity contribution in [2.24, 2.45) is 5.92 Å². The average molecular weight is 141 g/mol. The molecule has 0 amide bonds. The van der Waals surface area contributed by atoms with Gasteiger partial charge in [0.25, 0.3) is 0 Å². The van der Waals surface area contributed by atoms with Crippen LogP contribution >= 0.6 is 0 Å². The molecule has 2 bridgehead atoms. The number of hydrogen-bond donors (Lipinski definition) is 2. The van der Waals surface area contributed by atoms with Crippen molar-refractivity contribution in [2.75, 3.05) is 6.61 Å². The Morgan fingerprint density at radius 2 is 2.40 bits per heavy atom. The highest BCUT2D eigenvalue weighted by atomic mass is 16.3. The molecular weight excluding hydrogens is 126 g/mol. The molecule has 58 valence electrons. The summed E-state index contributed by atoms with van der Waals surface area (Å²) in [6, 6.07) is 0.710. The maximum Gasteiger partial charge on any atom is 0.0613 e. The number of hydrogen-bond acceptors (Lipinski definition) is 2. The van der Waals surface area contributed by atoms with Crippen LogP contribution in [0.15, 0.2) is 0 Å². The fourth-order valence-electron chi connectivity index (χ4n) is 2.45. The first-order chi connectivity index (χ1) is 4.74. The Morgan fingerprint density at radius 3 is 2.70 bits per heavy atom. The van der Waals surface area contributed by atoms with Gasteiger partial charge >= 0.3 is 0 Å². The van der Waals surface area contributed by atoms with Gasteiger partial charge in [0, 0.05) is 11.6 Å². The van der Waals surface area contributed by atoms with E-state index in [0.29, 0.717) is 12.6 Å². The first kappa shape index (κ1) is 6.62. The molecule has 2 fully saturated rings. The van der Waals surface area contributed by atoms with E-state index in [1.54, 1.807) is 0 Å². The Bertz CT molecular complexity index is 148. The van der Waals surface area contributed by atoms with Crippen molar-refractivity contribution in [3.63, 3.8) is 0 Å². The van der Waals surface area contributed by atoms with E-state index in [4.69, 9.17) is 5.11 Å². The zero-order valence-corrected chi connectivity index (χ0v) is 6.43. The van der Waals surface area contributed by atoms with Crippen LogP contribution < -0.4 is 5.32 Å². The molecule has 0 spiro atoms. The quantitative estimate of drug-likeness (QED) is 0.557. The van der Waals surface area contributed by atoms with Crippen LogP contribution in [0, 0.1) is 5.92 Å². The summed E-state index contributed by atoms with van der Waals surface area (Å²) >= 11 is 0. The average Bonchev–Trinajstić information content (AvgIpc) is 2.46. The lowest BCUT2D eigenvalue weighted by Gasteiger charge is -2.32. The molecule has 1 aliphatic heterocycles. The number of piperidine rings is 1. The molecule has 2 aliphatic rings. The van der Waals surface area contributed by atoms with Gasteiger partial charge in [-0.2, -0.15) is 0 Å². The third kappa shape index (κ3) is 0.722. The third-order valence-electron chi connectivity index (χ3n) is 3.20. The summed E-state index contributed by atoms with van der Waals surface area (Å²) in [5.74, 6) is 0.738. The van der Waals surface area contributed by atoms with Gasteiger partial charge in [0.1, 0.15) is 0 Å². The minimum absolute atomic E-state index is 0.0584. The molecule has 3 atom stereocenters. The Hall–Kier alpha value is -0.0800. The van der Waals surface area contributed by atoms with Crippen molar-refractivity contribution in [3.05, 3.63) is 0 Å². The Morgan fingerprint density at radius 1 is 1.60 bits per heavy atom. The summed E-state index contributed by atoms with van der Waals surface area (Å²) in [4.78, 5) is 0. The highest BCUT2D eigenvalue weighted by Crippen LogP contribution is 2.41. The summed E-state index contributed by atoms with van der Waals surface area (Å²) in [6.07, 6.45) is 3.92. The number of rotatable bonds is 1. The first-order valence-electron chi connectivity index (χ1n) is 4.13. The van der Waals surface area contributed by atoms with E-state index in [9.17, 15) is 0 Å². The summed E-state index contributed by atoms with van der Waals surface area (Å²) in [7, 11) is 0. The van der Waals surface area contributed by atoms with Gasteiger partial charge in [0.15, 0.2) is 0 Å². The van der Waals surface area contributed by atoms with E-state index < -0.39 is 0 Å². The number of nitrogens with one attached hydrogen (secondary N) is 1. The second-order valence-corrected chi connectivity index (χ2v) is 3.93. The van der Waals surface area contributed by atoms with Gasteiger partial charge < -0.3 is 10.4 Å². The standard InChI is InChI=1S/C8H15NO/c1-8(5-10)6-2-3-7(4-6)9-8/h6-7,9-10H,2-5H2,1H3/t6-,7+,8-/m1/s1. The summed E-state index contributed by atoms with van der Waals surface area (Å²) in [5.41, 5.74) is 0.0584. The van der Waals surface area contributed by atoms with Crippen LogP contribution in [0.25, 0.3) is 0 Å². The van der Waals surface area contributed by atoms with Crippen molar-refractivity contribution in [1.29, 1.82) is 0 Å². The molecule has 0 aromatic rings. The first-order valence-corrected chi connectivity index (χ1v) is 4.13. The van der Waals surface area contributed by atoms with Crippen LogP contribution in [0.2, 0.25) is 0 Å². The molecular formula is C8H15NO. The lowest BCUT2D eigenvalue weighted by molar-refractivity contribution is 0.134. The van der Waals surface area contributed by atoms with Crippen molar-refractivity contribution in [2.45, 2.75) is 37.8 Å². The predicted molar refractivity (Wildman–Crippen MR) is 39.8 cm³/mol. The van der Waals surface area contributed by atoms with Crippen molar-refractivity contribution >= 4 is 0 Å². The van der Waals surface area contributed by atoms with E-state index >= 15 is 0 Å². The summed E-state index contributed by atoms with van der Waals surface area (Å²) < 4.78 is 0. The molecule has 1 saturated heterocycles. The van der Waals surface area contributed by atoms with Crippen LogP contribution in [0.5, 0.6) is 0 Å². The molecule has 0 aromatic heterocycles. The molecule has 2 nitrogen and oxygen atoms in total. The Kier molecular flexibility index (Phi) is 1.29. The molecule has 0 unspecified atom stereocenters. The zero-order chi connectivity index (χ0) is 7.19. The largest absolute Gasteiger partial charge is 0.394 e. The predicted octanol–water partition coefficient (Wildman–Crippen LogP) is 0.509. The number of fused-ring (bicyclic) bond motifs is 2. The van der Waals surface area contributed by atoms with E-state index in [-0.39, 0.29) is 5.54 Å². The Balaban J connectivity index is 2.14. The molecule has 0 radical (unpaired) electrons. The minimum atomic E-state index is 0.0584. The fourth-order valence-corrected chi connectivity index (χ4v) is 2.45. The van der Waals surface area contributed by atoms with Gasteiger partial charge in [0.05, 0.1) is 6.61 Å². The lowest BCUT2D eigenvalue weighted by Crippen LogP contribution is -2.50. The van der Waals surface area contributed by atoms with Gasteiger partial charge in [-0.25, -0.2) is 0 Å². The van der Waals surface area contributed by atoms with Gasteiger partial charge in [-0.05, 0) is 32.1 Å². The minimum Gasteiger partial charge on any atom is -0.394 e. The van der Waals surface area contributed by atoms with Gasteiger partial charge in [-0.15, -0.1) is 0 Å². The number of aliphatic hydroxyl groups is 1. The topological polar surface area (TPSA) is 32.3 Å². The maximum absolute atomic E-state index is 9.08. The van der Waals surface area contributed by atoms with Gasteiger partial charge in [-0.1, -0.05) is 0 Å². The van der Waals surface area contributed by atoms with Crippen molar-refractivity contribution in [1.82, 2.24) is 5.32 Å². The van der Waals surface area contributed by atoms with E-state index in [1.807, 2.05) is 0 Å². The summed E-state index contributed by atoms with van der Waals surface area (Å²) in [6.45, 7) is 2.44. The summed E-state index contributed by atoms with van der Waals surface area (Å²) in [5, 5.41) is 12.6. The SMILES string of the molecule is C[C@]1(CO)N[C@H]2CC[C@@H]1C2. The maximum atomic E-state index is 9.08. The lowest BCUT2D eigenvalue weighted by atomic mass is 9.87. The van der Waals surface area contributed by atoms with Crippen LogP contribution in [-0.4, -0.2) is 23.3 Å².